The zero-order chi connectivity index (χ0) is 19.2. The average Bonchev–Trinajstić information content (AvgIpc) is 3.26. The summed E-state index contributed by atoms with van der Waals surface area (Å²) >= 11 is 0. The van der Waals surface area contributed by atoms with Crippen LogP contribution >= 0.6 is 0 Å². The number of methoxy groups -OCH3 is 1. The Balaban J connectivity index is 1.80. The molecular weight excluding hydrogens is 363 g/mol. The molecular formula is C16H14F3N7O. The second kappa shape index (κ2) is 6.11. The molecule has 4 rings (SSSR count). The van der Waals surface area contributed by atoms with Gasteiger partial charge in [-0.1, -0.05) is 0 Å². The Kier molecular flexibility index (Phi) is 3.86. The molecule has 2 N–H and O–H groups in total. The van der Waals surface area contributed by atoms with Crippen LogP contribution in [-0.4, -0.2) is 48.9 Å². The number of alkyl halides is 3. The maximum absolute atomic E-state index is 12.8. The van der Waals surface area contributed by atoms with E-state index >= 15 is 0 Å². The van der Waals surface area contributed by atoms with E-state index in [0.29, 0.717) is 27.9 Å². The van der Waals surface area contributed by atoms with Gasteiger partial charge in [0.2, 0.25) is 11.8 Å². The largest absolute Gasteiger partial charge is 0.480 e. The van der Waals surface area contributed by atoms with Crippen LogP contribution in [0.5, 0.6) is 5.88 Å². The number of ether oxygens (including phenoxy) is 1. The number of imidazole rings is 1. The van der Waals surface area contributed by atoms with Gasteiger partial charge >= 0.3 is 6.18 Å². The molecule has 11 heteroatoms. The lowest BCUT2D eigenvalue weighted by atomic mass is 10.1. The van der Waals surface area contributed by atoms with Gasteiger partial charge in [-0.2, -0.15) is 28.2 Å². The minimum Gasteiger partial charge on any atom is -0.480 e. The zero-order valence-corrected chi connectivity index (χ0v) is 14.2. The van der Waals surface area contributed by atoms with Gasteiger partial charge in [0.25, 0.3) is 0 Å². The molecule has 0 radical (unpaired) electrons. The lowest BCUT2D eigenvalue weighted by Gasteiger charge is -2.17. The van der Waals surface area contributed by atoms with E-state index < -0.39 is 12.2 Å². The number of nitrogens with zero attached hydrogens (tertiary/aromatic N) is 5. The summed E-state index contributed by atoms with van der Waals surface area (Å²) in [5.74, 6) is -0.0451. The van der Waals surface area contributed by atoms with E-state index in [1.165, 1.54) is 7.11 Å². The third-order valence-electron chi connectivity index (χ3n) is 4.06. The maximum Gasteiger partial charge on any atom is 0.408 e. The Labute approximate surface area is 150 Å². The molecule has 0 saturated heterocycles. The van der Waals surface area contributed by atoms with E-state index in [1.807, 2.05) is 0 Å². The van der Waals surface area contributed by atoms with Gasteiger partial charge in [0.1, 0.15) is 11.7 Å². The van der Waals surface area contributed by atoms with E-state index in [1.54, 1.807) is 35.2 Å². The second-order valence-electron chi connectivity index (χ2n) is 5.84. The molecule has 0 spiro atoms. The van der Waals surface area contributed by atoms with Crippen molar-refractivity contribution in [1.29, 1.82) is 0 Å². The van der Waals surface area contributed by atoms with Crippen molar-refractivity contribution in [3.63, 3.8) is 0 Å². The third kappa shape index (κ3) is 3.00. The SMILES string of the molecule is COc1nc(NC(C)C(F)(F)F)nc2[nH]cc(-c3ccc4nccn4n3)c12. The Hall–Kier alpha value is -3.37. The molecule has 140 valence electrons. The molecule has 1 atom stereocenters. The fourth-order valence-electron chi connectivity index (χ4n) is 2.65. The van der Waals surface area contributed by atoms with Crippen molar-refractivity contribution in [2.24, 2.45) is 0 Å². The fourth-order valence-corrected chi connectivity index (χ4v) is 2.65. The van der Waals surface area contributed by atoms with Crippen molar-refractivity contribution in [2.75, 3.05) is 12.4 Å². The highest BCUT2D eigenvalue weighted by Crippen LogP contribution is 2.34. The number of halogens is 3. The molecule has 0 aliphatic carbocycles. The number of hydrogen-bond acceptors (Lipinski definition) is 6. The lowest BCUT2D eigenvalue weighted by Crippen LogP contribution is -2.33. The first-order chi connectivity index (χ1) is 12.9. The number of H-pyrrole nitrogens is 1. The summed E-state index contributed by atoms with van der Waals surface area (Å²) in [6, 6.07) is 1.77. The van der Waals surface area contributed by atoms with Crippen LogP contribution in [0.1, 0.15) is 6.92 Å². The molecule has 27 heavy (non-hydrogen) atoms. The molecule has 0 amide bonds. The highest BCUT2D eigenvalue weighted by atomic mass is 19.4. The van der Waals surface area contributed by atoms with E-state index in [2.05, 4.69) is 30.4 Å². The molecule has 4 aromatic rings. The molecule has 0 aliphatic heterocycles. The molecule has 0 aliphatic rings. The van der Waals surface area contributed by atoms with Crippen molar-refractivity contribution in [1.82, 2.24) is 29.5 Å². The number of anilines is 1. The lowest BCUT2D eigenvalue weighted by molar-refractivity contribution is -0.138. The van der Waals surface area contributed by atoms with Gasteiger partial charge in [-0.15, -0.1) is 0 Å². The van der Waals surface area contributed by atoms with Crippen molar-refractivity contribution in [3.05, 3.63) is 30.7 Å². The molecule has 0 saturated carbocycles. The third-order valence-corrected chi connectivity index (χ3v) is 4.06. The van der Waals surface area contributed by atoms with Crippen LogP contribution in [0.15, 0.2) is 30.7 Å². The number of hydrogen-bond donors (Lipinski definition) is 2. The number of rotatable bonds is 4. The predicted molar refractivity (Wildman–Crippen MR) is 91.6 cm³/mol. The first-order valence-corrected chi connectivity index (χ1v) is 7.94. The summed E-state index contributed by atoms with van der Waals surface area (Å²) in [7, 11) is 1.39. The summed E-state index contributed by atoms with van der Waals surface area (Å²) in [6.07, 6.45) is 0.577. The summed E-state index contributed by atoms with van der Waals surface area (Å²) in [5, 5.41) is 7.23. The quantitative estimate of drug-likeness (QED) is 0.568. The highest BCUT2D eigenvalue weighted by Gasteiger charge is 2.36. The molecule has 0 aromatic carbocycles. The van der Waals surface area contributed by atoms with Gasteiger partial charge in [-0.25, -0.2) is 9.50 Å². The highest BCUT2D eigenvalue weighted by molar-refractivity contribution is 5.96. The smallest absolute Gasteiger partial charge is 0.408 e. The van der Waals surface area contributed by atoms with E-state index in [4.69, 9.17) is 4.74 Å². The second-order valence-corrected chi connectivity index (χ2v) is 5.84. The summed E-state index contributed by atoms with van der Waals surface area (Å²) in [5.41, 5.74) is 2.29. The monoisotopic (exact) mass is 377 g/mol. The van der Waals surface area contributed by atoms with E-state index in [-0.39, 0.29) is 11.8 Å². The van der Waals surface area contributed by atoms with Crippen LogP contribution in [-0.2, 0) is 0 Å². The number of fused-ring (bicyclic) bond motifs is 2. The van der Waals surface area contributed by atoms with Crippen molar-refractivity contribution >= 4 is 22.6 Å². The maximum atomic E-state index is 12.8. The summed E-state index contributed by atoms with van der Waals surface area (Å²) < 4.78 is 45.3. The predicted octanol–water partition coefficient (Wildman–Crippen LogP) is 3.04. The Bertz CT molecular complexity index is 1120. The van der Waals surface area contributed by atoms with Gasteiger partial charge in [0, 0.05) is 24.2 Å². The van der Waals surface area contributed by atoms with Crippen LogP contribution in [0.25, 0.3) is 27.9 Å². The molecule has 8 nitrogen and oxygen atoms in total. The van der Waals surface area contributed by atoms with E-state index in [0.717, 1.165) is 6.92 Å². The minimum atomic E-state index is -4.42. The molecule has 1 unspecified atom stereocenters. The zero-order valence-electron chi connectivity index (χ0n) is 14.2. The van der Waals surface area contributed by atoms with Gasteiger partial charge in [0.05, 0.1) is 18.2 Å². The van der Waals surface area contributed by atoms with Gasteiger partial charge < -0.3 is 15.0 Å². The number of aromatic nitrogens is 6. The molecule has 0 fully saturated rings. The van der Waals surface area contributed by atoms with Crippen LogP contribution in [0.2, 0.25) is 0 Å². The van der Waals surface area contributed by atoms with Gasteiger partial charge in [-0.3, -0.25) is 0 Å². The normalized spacial score (nSPS) is 13.2. The Morgan fingerprint density at radius 2 is 2.07 bits per heavy atom. The van der Waals surface area contributed by atoms with Gasteiger partial charge in [-0.05, 0) is 19.1 Å². The van der Waals surface area contributed by atoms with Crippen molar-refractivity contribution < 1.29 is 17.9 Å². The first kappa shape index (κ1) is 17.1. The van der Waals surface area contributed by atoms with Crippen molar-refractivity contribution in [2.45, 2.75) is 19.1 Å². The van der Waals surface area contributed by atoms with Crippen LogP contribution in [0.4, 0.5) is 19.1 Å². The van der Waals surface area contributed by atoms with Crippen LogP contribution in [0, 0.1) is 0 Å². The topological polar surface area (TPSA) is 93.0 Å². The Morgan fingerprint density at radius 1 is 1.26 bits per heavy atom. The minimum absolute atomic E-state index is 0.139. The molecule has 4 aromatic heterocycles. The standard InChI is InChI=1S/C16H14F3N7O/c1-8(16(17,18)19)22-15-23-13-12(14(24-15)27-2)9(7-21-13)10-3-4-11-20-5-6-26(11)25-10/h3-8H,1-2H3,(H2,21,22,23,24). The average molecular weight is 377 g/mol. The number of aromatic amines is 1. The molecule has 4 heterocycles. The molecule has 0 bridgehead atoms. The van der Waals surface area contributed by atoms with Gasteiger partial charge in [0.15, 0.2) is 5.65 Å². The summed E-state index contributed by atoms with van der Waals surface area (Å²) in [6.45, 7) is 0.991. The fraction of sp³-hybridized carbons (Fsp3) is 0.250. The Morgan fingerprint density at radius 3 is 2.81 bits per heavy atom. The van der Waals surface area contributed by atoms with Crippen molar-refractivity contribution in [3.8, 4) is 17.1 Å². The van der Waals surface area contributed by atoms with Crippen LogP contribution in [0.3, 0.4) is 0 Å². The summed E-state index contributed by atoms with van der Waals surface area (Å²) in [4.78, 5) is 15.3. The van der Waals surface area contributed by atoms with E-state index in [9.17, 15) is 13.2 Å². The van der Waals surface area contributed by atoms with Crippen LogP contribution < -0.4 is 10.1 Å². The first-order valence-electron chi connectivity index (χ1n) is 7.94. The number of nitrogens with one attached hydrogen (secondary N) is 2.